The fourth-order valence-electron chi connectivity index (χ4n) is 5.25. The number of fused-ring (bicyclic) bond motifs is 2. The van der Waals surface area contributed by atoms with E-state index in [1.54, 1.807) is 46.2 Å². The SMILES string of the molecule is CCOC(=O)CC(c1ccc(Cl)c(CN2CC(C)Oc3ccccc3S2(O)O)c1)c1ccc2c(nnn2C)c1C. The number of esters is 1. The summed E-state index contributed by atoms with van der Waals surface area (Å²) in [5.41, 5.74) is 5.10. The third kappa shape index (κ3) is 5.42. The van der Waals surface area contributed by atoms with Crippen molar-refractivity contribution >= 4 is 39.4 Å². The van der Waals surface area contributed by atoms with Gasteiger partial charge in [-0.3, -0.25) is 13.9 Å². The molecule has 3 aromatic carbocycles. The zero-order chi connectivity index (χ0) is 28.6. The minimum Gasteiger partial charge on any atom is -0.487 e. The van der Waals surface area contributed by atoms with Crippen molar-refractivity contribution in [1.82, 2.24) is 19.3 Å². The summed E-state index contributed by atoms with van der Waals surface area (Å²) in [5, 5.41) is 8.97. The third-order valence-corrected chi connectivity index (χ3v) is 9.54. The molecule has 2 heterocycles. The number of ether oxygens (including phenoxy) is 2. The van der Waals surface area contributed by atoms with Crippen LogP contribution in [-0.4, -0.2) is 53.6 Å². The van der Waals surface area contributed by atoms with E-state index in [0.29, 0.717) is 21.2 Å². The van der Waals surface area contributed by atoms with E-state index >= 15 is 0 Å². The average molecular weight is 585 g/mol. The molecular formula is C29H33ClN4O5S. The van der Waals surface area contributed by atoms with Crippen molar-refractivity contribution in [3.63, 3.8) is 0 Å². The molecule has 1 aliphatic heterocycles. The van der Waals surface area contributed by atoms with Gasteiger partial charge in [-0.25, -0.2) is 4.68 Å². The molecule has 0 aliphatic carbocycles. The molecule has 0 saturated heterocycles. The fourth-order valence-corrected chi connectivity index (χ4v) is 7.09. The molecule has 2 N–H and O–H groups in total. The van der Waals surface area contributed by atoms with Crippen molar-refractivity contribution < 1.29 is 23.4 Å². The number of para-hydroxylation sites is 1. The lowest BCUT2D eigenvalue weighted by molar-refractivity contribution is -0.143. The van der Waals surface area contributed by atoms with Crippen LogP contribution in [0.5, 0.6) is 5.75 Å². The highest BCUT2D eigenvalue weighted by atomic mass is 35.5. The second kappa shape index (κ2) is 11.4. The van der Waals surface area contributed by atoms with Gasteiger partial charge in [0.05, 0.1) is 25.1 Å². The first-order valence-electron chi connectivity index (χ1n) is 13.1. The Hall–Kier alpha value is -3.15. The van der Waals surface area contributed by atoms with Crippen LogP contribution in [0.3, 0.4) is 0 Å². The number of hydrogen-bond acceptors (Lipinski definition) is 8. The predicted octanol–water partition coefficient (Wildman–Crippen LogP) is 6.32. The first kappa shape index (κ1) is 28.4. The number of aryl methyl sites for hydroxylation is 2. The predicted molar refractivity (Wildman–Crippen MR) is 156 cm³/mol. The van der Waals surface area contributed by atoms with Crippen LogP contribution in [-0.2, 0) is 23.1 Å². The first-order chi connectivity index (χ1) is 19.1. The highest BCUT2D eigenvalue weighted by molar-refractivity contribution is 8.22. The Morgan fingerprint density at radius 3 is 2.77 bits per heavy atom. The van der Waals surface area contributed by atoms with Gasteiger partial charge in [-0.15, -0.1) is 15.9 Å². The third-order valence-electron chi connectivity index (χ3n) is 7.24. The normalized spacial score (nSPS) is 18.4. The molecule has 0 bridgehead atoms. The average Bonchev–Trinajstić information content (AvgIpc) is 3.26. The zero-order valence-corrected chi connectivity index (χ0v) is 24.4. The Balaban J connectivity index is 1.55. The highest BCUT2D eigenvalue weighted by Crippen LogP contribution is 2.57. The van der Waals surface area contributed by atoms with Gasteiger partial charge < -0.3 is 9.47 Å². The molecule has 212 valence electrons. The van der Waals surface area contributed by atoms with Crippen molar-refractivity contribution in [1.29, 1.82) is 0 Å². The summed E-state index contributed by atoms with van der Waals surface area (Å²) < 4.78 is 37.4. The Bertz CT molecular complexity index is 1560. The molecule has 40 heavy (non-hydrogen) atoms. The van der Waals surface area contributed by atoms with Crippen LogP contribution >= 0.6 is 22.4 Å². The number of halogens is 1. The van der Waals surface area contributed by atoms with Crippen molar-refractivity contribution in [2.75, 3.05) is 13.2 Å². The van der Waals surface area contributed by atoms with Gasteiger partial charge in [0.2, 0.25) is 0 Å². The summed E-state index contributed by atoms with van der Waals surface area (Å²) in [6.45, 7) is 6.40. The summed E-state index contributed by atoms with van der Waals surface area (Å²) >= 11 is 6.68. The molecule has 0 spiro atoms. The number of hydrogen-bond donors (Lipinski definition) is 2. The molecule has 0 amide bonds. The summed E-state index contributed by atoms with van der Waals surface area (Å²) in [6, 6.07) is 16.6. The van der Waals surface area contributed by atoms with Crippen LogP contribution in [0.2, 0.25) is 5.02 Å². The van der Waals surface area contributed by atoms with Gasteiger partial charge in [0.1, 0.15) is 22.3 Å². The smallest absolute Gasteiger partial charge is 0.306 e. The van der Waals surface area contributed by atoms with Crippen molar-refractivity contribution in [3.8, 4) is 5.75 Å². The summed E-state index contributed by atoms with van der Waals surface area (Å²) in [6.07, 6.45) is -0.159. The van der Waals surface area contributed by atoms with E-state index in [1.165, 1.54) is 0 Å². The Labute approximate surface area is 240 Å². The molecule has 1 aromatic heterocycles. The number of carbonyl (C=O) groups is 1. The molecule has 1 aliphatic rings. The van der Waals surface area contributed by atoms with Gasteiger partial charge in [0.25, 0.3) is 0 Å². The van der Waals surface area contributed by atoms with E-state index in [2.05, 4.69) is 10.3 Å². The van der Waals surface area contributed by atoms with E-state index in [1.807, 2.05) is 45.2 Å². The summed E-state index contributed by atoms with van der Waals surface area (Å²) in [4.78, 5) is 13.1. The second-order valence-electron chi connectivity index (χ2n) is 9.99. The molecule has 0 radical (unpaired) electrons. The van der Waals surface area contributed by atoms with Crippen molar-refractivity contribution in [3.05, 3.63) is 81.9 Å². The van der Waals surface area contributed by atoms with Crippen LogP contribution in [0.4, 0.5) is 0 Å². The lowest BCUT2D eigenvalue weighted by Gasteiger charge is -2.41. The first-order valence-corrected chi connectivity index (χ1v) is 15.0. The van der Waals surface area contributed by atoms with E-state index in [9.17, 15) is 13.9 Å². The van der Waals surface area contributed by atoms with Gasteiger partial charge in [-0.2, -0.15) is 4.31 Å². The highest BCUT2D eigenvalue weighted by Gasteiger charge is 2.34. The molecule has 11 heteroatoms. The van der Waals surface area contributed by atoms with E-state index in [-0.39, 0.29) is 44.1 Å². The standard InChI is InChI=1S/C29H33ClN4O5S/c1-5-38-28(35)15-23(22-11-13-25-29(19(22)3)31-32-33(25)4)20-10-12-24(30)21(14-20)17-34-16-18(2)39-26-8-6-7-9-27(26)40(34,36)37/h6-14,18,23,36-37H,5,15-17H2,1-4H3. The van der Waals surface area contributed by atoms with E-state index in [0.717, 1.165) is 27.7 Å². The molecule has 9 nitrogen and oxygen atoms in total. The van der Waals surface area contributed by atoms with Crippen LogP contribution < -0.4 is 4.74 Å². The van der Waals surface area contributed by atoms with E-state index < -0.39 is 10.8 Å². The molecule has 4 aromatic rings. The van der Waals surface area contributed by atoms with E-state index in [4.69, 9.17) is 21.1 Å². The van der Waals surface area contributed by atoms with Crippen LogP contribution in [0.25, 0.3) is 11.0 Å². The van der Waals surface area contributed by atoms with Crippen LogP contribution in [0.1, 0.15) is 48.4 Å². The maximum absolute atomic E-state index is 12.8. The molecule has 0 fully saturated rings. The van der Waals surface area contributed by atoms with Crippen molar-refractivity contribution in [2.45, 2.75) is 50.7 Å². The minimum atomic E-state index is -3.35. The van der Waals surface area contributed by atoms with Gasteiger partial charge in [0, 0.05) is 24.5 Å². The molecule has 0 saturated carbocycles. The molecule has 5 rings (SSSR count). The topological polar surface area (TPSA) is 110 Å². The second-order valence-corrected chi connectivity index (χ2v) is 12.4. The lowest BCUT2D eigenvalue weighted by Crippen LogP contribution is -2.33. The van der Waals surface area contributed by atoms with Crippen LogP contribution in [0, 0.1) is 6.92 Å². The fraction of sp³-hybridized carbons (Fsp3) is 0.345. The Morgan fingerprint density at radius 2 is 2.00 bits per heavy atom. The summed E-state index contributed by atoms with van der Waals surface area (Å²) in [7, 11) is -1.51. The monoisotopic (exact) mass is 584 g/mol. The lowest BCUT2D eigenvalue weighted by atomic mass is 9.85. The van der Waals surface area contributed by atoms with Crippen molar-refractivity contribution in [2.24, 2.45) is 7.05 Å². The zero-order valence-electron chi connectivity index (χ0n) is 22.9. The number of aromatic nitrogens is 3. The number of carbonyl (C=O) groups excluding carboxylic acids is 1. The maximum atomic E-state index is 12.8. The van der Waals surface area contributed by atoms with Gasteiger partial charge >= 0.3 is 5.97 Å². The summed E-state index contributed by atoms with van der Waals surface area (Å²) in [5.74, 6) is -0.192. The maximum Gasteiger partial charge on any atom is 0.306 e. The van der Waals surface area contributed by atoms with Gasteiger partial charge in [-0.1, -0.05) is 47.1 Å². The van der Waals surface area contributed by atoms with Gasteiger partial charge in [0.15, 0.2) is 0 Å². The number of benzene rings is 3. The van der Waals surface area contributed by atoms with Gasteiger partial charge in [-0.05, 0) is 67.3 Å². The number of nitrogens with zero attached hydrogens (tertiary/aromatic N) is 4. The molecule has 2 unspecified atom stereocenters. The molecular weight excluding hydrogens is 552 g/mol. The largest absolute Gasteiger partial charge is 0.487 e. The molecule has 2 atom stereocenters. The van der Waals surface area contributed by atoms with Crippen LogP contribution in [0.15, 0.2) is 59.5 Å². The number of rotatable bonds is 7. The minimum absolute atomic E-state index is 0.124. The Kier molecular flexibility index (Phi) is 8.08. The Morgan fingerprint density at radius 1 is 1.23 bits per heavy atom. The quantitative estimate of drug-likeness (QED) is 0.243.